The molecule has 0 saturated heterocycles. The van der Waals surface area contributed by atoms with Gasteiger partial charge in [-0.05, 0) is 25.7 Å². The normalized spacial score (nSPS) is 14.4. The molecule has 3 aromatic rings. The molecule has 0 unspecified atom stereocenters. The van der Waals surface area contributed by atoms with Gasteiger partial charge in [0.2, 0.25) is 5.13 Å². The zero-order valence-corrected chi connectivity index (χ0v) is 16.2. The molecular weight excluding hydrogens is 370 g/mol. The summed E-state index contributed by atoms with van der Waals surface area (Å²) in [7, 11) is 0. The number of aryl methyl sites for hydroxylation is 2. The molecule has 7 nitrogen and oxygen atoms in total. The second-order valence-electron chi connectivity index (χ2n) is 6.68. The van der Waals surface area contributed by atoms with E-state index in [1.165, 1.54) is 28.8 Å². The number of carbonyl (C=O) groups excluding carboxylic acids is 1. The predicted octanol–water partition coefficient (Wildman–Crippen LogP) is 3.25. The molecule has 0 bridgehead atoms. The molecule has 0 saturated carbocycles. The van der Waals surface area contributed by atoms with E-state index in [0.29, 0.717) is 10.1 Å². The molecule has 26 heavy (non-hydrogen) atoms. The van der Waals surface area contributed by atoms with Crippen molar-refractivity contribution in [2.24, 2.45) is 0 Å². The van der Waals surface area contributed by atoms with Crippen molar-refractivity contribution >= 4 is 38.7 Å². The molecule has 136 valence electrons. The fourth-order valence-corrected chi connectivity index (χ4v) is 4.99. The van der Waals surface area contributed by atoms with Gasteiger partial charge in [0.15, 0.2) is 4.96 Å². The lowest BCUT2D eigenvalue weighted by molar-refractivity contribution is 0.102. The maximum atomic E-state index is 13.0. The number of nitrogens with zero attached hydrogens (tertiary/aromatic N) is 4. The zero-order valence-electron chi connectivity index (χ0n) is 14.6. The van der Waals surface area contributed by atoms with Crippen molar-refractivity contribution in [3.05, 3.63) is 37.7 Å². The number of hydrogen-bond donors (Lipinski definition) is 1. The summed E-state index contributed by atoms with van der Waals surface area (Å²) in [4.78, 5) is 31.8. The van der Waals surface area contributed by atoms with Gasteiger partial charge in [0.05, 0.1) is 0 Å². The lowest BCUT2D eigenvalue weighted by Gasteiger charge is -2.04. The molecule has 9 heteroatoms. The number of hydrogen-bond acceptors (Lipinski definition) is 7. The van der Waals surface area contributed by atoms with Crippen LogP contribution in [0.5, 0.6) is 0 Å². The van der Waals surface area contributed by atoms with Crippen LogP contribution in [0.3, 0.4) is 0 Å². The maximum Gasteiger partial charge on any atom is 0.271 e. The first-order valence-electron chi connectivity index (χ1n) is 8.71. The lowest BCUT2D eigenvalue weighted by Crippen LogP contribution is -2.27. The molecule has 0 aliphatic heterocycles. The van der Waals surface area contributed by atoms with Crippen LogP contribution in [-0.2, 0) is 12.8 Å². The summed E-state index contributed by atoms with van der Waals surface area (Å²) in [5.74, 6) is -0.250. The van der Waals surface area contributed by atoms with Gasteiger partial charge in [0.25, 0.3) is 11.5 Å². The summed E-state index contributed by atoms with van der Waals surface area (Å²) < 4.78 is 1.62. The summed E-state index contributed by atoms with van der Waals surface area (Å²) >= 11 is 2.88. The van der Waals surface area contributed by atoms with E-state index in [0.717, 1.165) is 36.4 Å². The van der Waals surface area contributed by atoms with E-state index in [-0.39, 0.29) is 17.0 Å². The van der Waals surface area contributed by atoms with Crippen molar-refractivity contribution in [3.63, 3.8) is 0 Å². The average molecular weight is 390 g/mol. The molecule has 1 amide bonds. The Morgan fingerprint density at radius 3 is 2.77 bits per heavy atom. The van der Waals surface area contributed by atoms with Crippen LogP contribution in [-0.4, -0.2) is 25.5 Å². The van der Waals surface area contributed by atoms with E-state index in [4.69, 9.17) is 0 Å². The number of nitrogens with one attached hydrogen (secondary N) is 1. The summed E-state index contributed by atoms with van der Waals surface area (Å²) in [5.41, 5.74) is 0.752. The van der Waals surface area contributed by atoms with E-state index >= 15 is 0 Å². The molecule has 4 rings (SSSR count). The van der Waals surface area contributed by atoms with Crippen molar-refractivity contribution in [2.75, 3.05) is 5.32 Å². The summed E-state index contributed by atoms with van der Waals surface area (Å²) in [6, 6.07) is 0. The van der Waals surface area contributed by atoms with Gasteiger partial charge in [-0.1, -0.05) is 31.6 Å². The number of thiazole rings is 1. The fraction of sp³-hybridized carbons (Fsp3) is 0.471. The SMILES string of the molecule is CC(C)c1nnc(NC(=O)c2cnc3sc4c(n3c2=O)CCCCC4)s1. The van der Waals surface area contributed by atoms with Gasteiger partial charge < -0.3 is 0 Å². The van der Waals surface area contributed by atoms with Crippen molar-refractivity contribution in [1.29, 1.82) is 0 Å². The van der Waals surface area contributed by atoms with Crippen LogP contribution in [0.2, 0.25) is 0 Å². The van der Waals surface area contributed by atoms with E-state index in [1.807, 2.05) is 13.8 Å². The number of carbonyl (C=O) groups is 1. The maximum absolute atomic E-state index is 13.0. The van der Waals surface area contributed by atoms with E-state index in [9.17, 15) is 9.59 Å². The Hall–Kier alpha value is -2.13. The minimum Gasteiger partial charge on any atom is -0.296 e. The molecular formula is C17H19N5O2S2. The van der Waals surface area contributed by atoms with Gasteiger partial charge in [-0.25, -0.2) is 4.98 Å². The monoisotopic (exact) mass is 389 g/mol. The van der Waals surface area contributed by atoms with Crippen LogP contribution in [0.4, 0.5) is 5.13 Å². The predicted molar refractivity (Wildman–Crippen MR) is 103 cm³/mol. The van der Waals surface area contributed by atoms with Crippen LogP contribution in [0.25, 0.3) is 4.96 Å². The van der Waals surface area contributed by atoms with E-state index in [2.05, 4.69) is 20.5 Å². The van der Waals surface area contributed by atoms with Crippen molar-refractivity contribution in [2.45, 2.75) is 51.9 Å². The molecule has 0 atom stereocenters. The highest BCUT2D eigenvalue weighted by molar-refractivity contribution is 7.17. The number of amides is 1. The second kappa shape index (κ2) is 6.88. The van der Waals surface area contributed by atoms with Crippen LogP contribution in [0.15, 0.2) is 11.0 Å². The lowest BCUT2D eigenvalue weighted by atomic mass is 10.2. The van der Waals surface area contributed by atoms with Gasteiger partial charge in [0.1, 0.15) is 10.6 Å². The highest BCUT2D eigenvalue weighted by Crippen LogP contribution is 2.27. The quantitative estimate of drug-likeness (QED) is 0.695. The van der Waals surface area contributed by atoms with E-state index < -0.39 is 5.91 Å². The first kappa shape index (κ1) is 17.3. The van der Waals surface area contributed by atoms with E-state index in [1.54, 1.807) is 15.7 Å². The summed E-state index contributed by atoms with van der Waals surface area (Å²) in [6.07, 6.45) is 6.57. The Balaban J connectivity index is 1.69. The number of anilines is 1. The molecule has 3 aromatic heterocycles. The fourth-order valence-electron chi connectivity index (χ4n) is 3.08. The Kier molecular flexibility index (Phi) is 4.58. The molecule has 0 fully saturated rings. The van der Waals surface area contributed by atoms with Gasteiger partial charge in [-0.3, -0.25) is 19.3 Å². The zero-order chi connectivity index (χ0) is 18.3. The molecule has 1 aliphatic rings. The third-order valence-corrected chi connectivity index (χ3v) is 6.75. The largest absolute Gasteiger partial charge is 0.296 e. The Bertz CT molecular complexity index is 1030. The molecule has 0 aromatic carbocycles. The van der Waals surface area contributed by atoms with Crippen molar-refractivity contribution < 1.29 is 4.79 Å². The van der Waals surface area contributed by atoms with Gasteiger partial charge in [-0.15, -0.1) is 21.5 Å². The van der Waals surface area contributed by atoms with Gasteiger partial charge in [0, 0.05) is 22.7 Å². The number of rotatable bonds is 3. The highest BCUT2D eigenvalue weighted by atomic mass is 32.1. The molecule has 1 N–H and O–H groups in total. The third kappa shape index (κ3) is 3.05. The van der Waals surface area contributed by atoms with Crippen LogP contribution >= 0.6 is 22.7 Å². The molecule has 1 aliphatic carbocycles. The third-order valence-electron chi connectivity index (χ3n) is 4.45. The average Bonchev–Trinajstić information content (AvgIpc) is 3.14. The molecule has 0 spiro atoms. The first-order chi connectivity index (χ1) is 12.5. The minimum atomic E-state index is -0.489. The standard InChI is InChI=1S/C17H19N5O2S2/c1-9(2)14-20-21-16(26-14)19-13(23)10-8-18-17-22(15(10)24)11-6-4-3-5-7-12(11)25-17/h8-9H,3-7H2,1-2H3,(H,19,21,23). The second-order valence-corrected chi connectivity index (χ2v) is 8.75. The highest BCUT2D eigenvalue weighted by Gasteiger charge is 2.21. The summed E-state index contributed by atoms with van der Waals surface area (Å²) in [5, 5.41) is 11.9. The number of aromatic nitrogens is 4. The van der Waals surface area contributed by atoms with Crippen LogP contribution in [0, 0.1) is 0 Å². The van der Waals surface area contributed by atoms with Crippen LogP contribution in [0.1, 0.15) is 65.0 Å². The Morgan fingerprint density at radius 1 is 1.19 bits per heavy atom. The van der Waals surface area contributed by atoms with Gasteiger partial charge >= 0.3 is 0 Å². The smallest absolute Gasteiger partial charge is 0.271 e. The molecule has 0 radical (unpaired) electrons. The number of fused-ring (bicyclic) bond motifs is 3. The van der Waals surface area contributed by atoms with Crippen LogP contribution < -0.4 is 10.9 Å². The minimum absolute atomic E-state index is 0.0358. The Morgan fingerprint density at radius 2 is 2.00 bits per heavy atom. The van der Waals surface area contributed by atoms with Crippen molar-refractivity contribution in [1.82, 2.24) is 19.6 Å². The molecule has 3 heterocycles. The topological polar surface area (TPSA) is 89.2 Å². The Labute approximate surface area is 158 Å². The van der Waals surface area contributed by atoms with Crippen molar-refractivity contribution in [3.8, 4) is 0 Å². The first-order valence-corrected chi connectivity index (χ1v) is 10.3. The van der Waals surface area contributed by atoms with Gasteiger partial charge in [-0.2, -0.15) is 0 Å². The summed E-state index contributed by atoms with van der Waals surface area (Å²) in [6.45, 7) is 4.03.